The average Bonchev–Trinajstić information content (AvgIpc) is 3.33. The van der Waals surface area contributed by atoms with Gasteiger partial charge in [-0.05, 0) is 44.9 Å². The fraction of sp³-hybridized carbons (Fsp3) is 0.837. The second-order valence-electron chi connectivity index (χ2n) is 16.9. The number of carboxylic acids is 1. The van der Waals surface area contributed by atoms with Crippen LogP contribution in [0.4, 0.5) is 0 Å². The Balaban J connectivity index is 1.70. The van der Waals surface area contributed by atoms with Crippen LogP contribution in [0.2, 0.25) is 0 Å². The number of hydrogen-bond acceptors (Lipinski definition) is 20. The van der Waals surface area contributed by atoms with E-state index < -0.39 is 98.5 Å². The number of hydrogen-bond donors (Lipinski definition) is 16. The second-order valence-corrected chi connectivity index (χ2v) is 16.9. The molecule has 2 aliphatic heterocycles. The predicted molar refractivity (Wildman–Crippen MR) is 242 cm³/mol. The van der Waals surface area contributed by atoms with Crippen LogP contribution in [0.1, 0.15) is 89.9 Å². The van der Waals surface area contributed by atoms with Gasteiger partial charge in [-0.25, -0.2) is 0 Å². The van der Waals surface area contributed by atoms with Crippen molar-refractivity contribution in [1.82, 2.24) is 37.2 Å². The highest BCUT2D eigenvalue weighted by Gasteiger charge is 2.45. The van der Waals surface area contributed by atoms with E-state index in [4.69, 9.17) is 24.1 Å². The van der Waals surface area contributed by atoms with Crippen molar-refractivity contribution in [2.75, 3.05) is 72.2 Å². The van der Waals surface area contributed by atoms with Crippen molar-refractivity contribution in [1.29, 1.82) is 0 Å². The monoisotopic (exact) mass is 1010 g/mol. The molecule has 0 aromatic carbocycles. The Hall–Kier alpha value is -4.23. The summed E-state index contributed by atoms with van der Waals surface area (Å²) in [6, 6.07) is -1.10. The van der Waals surface area contributed by atoms with Crippen molar-refractivity contribution in [3.63, 3.8) is 0 Å². The van der Waals surface area contributed by atoms with Crippen LogP contribution in [0.5, 0.6) is 0 Å². The lowest BCUT2D eigenvalue weighted by molar-refractivity contribution is -0.300. The first-order valence-electron chi connectivity index (χ1n) is 23.9. The zero-order valence-corrected chi connectivity index (χ0v) is 39.5. The Kier molecular flexibility index (Phi) is 31.7. The average molecular weight is 1010 g/mol. The highest BCUT2D eigenvalue weighted by Crippen LogP contribution is 2.23. The van der Waals surface area contributed by atoms with E-state index >= 15 is 0 Å². The van der Waals surface area contributed by atoms with Gasteiger partial charge in [-0.15, -0.1) is 0 Å². The molecule has 16 N–H and O–H groups in total. The van der Waals surface area contributed by atoms with Crippen molar-refractivity contribution in [2.45, 2.75) is 157 Å². The van der Waals surface area contributed by atoms with Crippen molar-refractivity contribution in [3.8, 4) is 0 Å². The number of amides is 6. The molecule has 2 saturated heterocycles. The summed E-state index contributed by atoms with van der Waals surface area (Å²) in [6.45, 7) is -0.913. The summed E-state index contributed by atoms with van der Waals surface area (Å²) in [4.78, 5) is 86.0. The summed E-state index contributed by atoms with van der Waals surface area (Å²) in [5.74, 6) is -3.34. The van der Waals surface area contributed by atoms with E-state index in [9.17, 15) is 74.4 Å². The first-order valence-corrected chi connectivity index (χ1v) is 23.9. The fourth-order valence-electron chi connectivity index (χ4n) is 7.09. The predicted octanol–water partition coefficient (Wildman–Crippen LogP) is -6.18. The van der Waals surface area contributed by atoms with E-state index in [-0.39, 0.29) is 102 Å². The van der Waals surface area contributed by atoms with Crippen LogP contribution in [0, 0.1) is 0 Å². The van der Waals surface area contributed by atoms with Gasteiger partial charge in [0.15, 0.2) is 12.6 Å². The Labute approximate surface area is 406 Å². The minimum absolute atomic E-state index is 0.0454. The molecule has 0 saturated carbocycles. The number of unbranched alkanes of at least 4 members (excludes halogenated alkanes) is 6. The van der Waals surface area contributed by atoms with E-state index in [1.54, 1.807) is 0 Å². The third-order valence-electron chi connectivity index (χ3n) is 11.2. The Morgan fingerprint density at radius 3 is 1.34 bits per heavy atom. The van der Waals surface area contributed by atoms with Crippen LogP contribution in [0.15, 0.2) is 0 Å². The SMILES string of the molecule is O=C(O)CCCCCNC(=O)CNCC(=O)NC(CCC(=O)NCCCCCC(=O)NCCO[C@H]1O[C@H](CO)[C@@H](O)[C@H](O)[C@@H]1O)C(=O)NCCCCCC(=O)NCCO[C@H]1O[C@H](CO)[C@@H](O)[C@H](O)[C@@H]1O. The third kappa shape index (κ3) is 25.2. The largest absolute Gasteiger partial charge is 0.481 e. The minimum atomic E-state index is -1.59. The molecule has 2 fully saturated rings. The lowest BCUT2D eigenvalue weighted by Crippen LogP contribution is -2.59. The molecule has 0 spiro atoms. The molecule has 11 atom stereocenters. The van der Waals surface area contributed by atoms with E-state index in [1.165, 1.54) is 0 Å². The molecule has 0 radical (unpaired) electrons. The van der Waals surface area contributed by atoms with Gasteiger partial charge >= 0.3 is 5.97 Å². The van der Waals surface area contributed by atoms with Gasteiger partial charge in [0.05, 0.1) is 39.5 Å². The number of ether oxygens (including phenoxy) is 4. The zero-order valence-electron chi connectivity index (χ0n) is 39.5. The summed E-state index contributed by atoms with van der Waals surface area (Å²) in [7, 11) is 0. The van der Waals surface area contributed by atoms with Crippen molar-refractivity contribution in [3.05, 3.63) is 0 Å². The van der Waals surface area contributed by atoms with Crippen LogP contribution >= 0.6 is 0 Å². The Bertz CT molecular complexity index is 1570. The number of rotatable bonds is 37. The van der Waals surface area contributed by atoms with Crippen LogP contribution in [0.3, 0.4) is 0 Å². The van der Waals surface area contributed by atoms with Crippen LogP contribution in [-0.2, 0) is 52.5 Å². The summed E-state index contributed by atoms with van der Waals surface area (Å²) >= 11 is 0. The Morgan fingerprint density at radius 1 is 0.457 bits per heavy atom. The van der Waals surface area contributed by atoms with Gasteiger partial charge in [0.2, 0.25) is 35.4 Å². The van der Waals surface area contributed by atoms with Crippen molar-refractivity contribution < 1.29 is 98.5 Å². The highest BCUT2D eigenvalue weighted by molar-refractivity contribution is 5.89. The standard InChI is InChI=1S/C43H77N7O20/c51-24-27-35(60)37(62)39(64)42(69-27)67-20-18-47-29(53)10-4-1-7-15-45-31(55)14-13-26(50-33(57)23-44-22-32(56)46-16-8-3-6-12-34(58)59)41(66)49-17-9-2-5-11-30(54)48-19-21-68-43-40(65)38(63)36(61)28(25-52)70-43/h26-28,35-40,42-44,51-52,60-65H,1-25H2,(H,45,55)(H,46,56)(H,47,53)(H,48,54)(H,49,66)(H,50,57)(H,58,59)/t26?,27-,28-,35-,36-,37+,38+,39+,40+,42+,43+/m1/s1. The van der Waals surface area contributed by atoms with E-state index in [1.807, 2.05) is 0 Å². The molecule has 0 aliphatic carbocycles. The summed E-state index contributed by atoms with van der Waals surface area (Å²) in [5, 5.41) is 106. The Morgan fingerprint density at radius 2 is 0.871 bits per heavy atom. The number of carboxylic acid groups (broad SMARTS) is 1. The van der Waals surface area contributed by atoms with Gasteiger partial charge in [-0.3, -0.25) is 38.9 Å². The lowest BCUT2D eigenvalue weighted by atomic mass is 9.99. The quantitative estimate of drug-likeness (QED) is 0.0258. The molecule has 6 amide bonds. The van der Waals surface area contributed by atoms with Gasteiger partial charge in [-0.2, -0.15) is 0 Å². The maximum absolute atomic E-state index is 13.2. The molecular weight excluding hydrogens is 935 g/mol. The number of carbonyl (C=O) groups excluding carboxylic acids is 6. The number of nitrogens with one attached hydrogen (secondary N) is 7. The van der Waals surface area contributed by atoms with Gasteiger partial charge in [0, 0.05) is 58.4 Å². The normalized spacial score (nSPS) is 24.7. The maximum Gasteiger partial charge on any atom is 0.303 e. The fourth-order valence-corrected chi connectivity index (χ4v) is 7.09. The second kappa shape index (κ2) is 35.8. The van der Waals surface area contributed by atoms with Gasteiger partial charge in [0.1, 0.15) is 54.9 Å². The minimum Gasteiger partial charge on any atom is -0.481 e. The molecule has 70 heavy (non-hydrogen) atoms. The number of aliphatic hydroxyl groups excluding tert-OH is 8. The van der Waals surface area contributed by atoms with Crippen molar-refractivity contribution >= 4 is 41.4 Å². The number of aliphatic hydroxyl groups is 8. The first kappa shape index (κ1) is 61.9. The van der Waals surface area contributed by atoms with Crippen LogP contribution in [0.25, 0.3) is 0 Å². The molecule has 0 aromatic heterocycles. The highest BCUT2D eigenvalue weighted by atomic mass is 16.7. The van der Waals surface area contributed by atoms with Crippen LogP contribution < -0.4 is 37.2 Å². The molecule has 2 rings (SSSR count). The number of aliphatic carboxylic acids is 1. The molecular formula is C43H77N7O20. The molecule has 0 aromatic rings. The topological polar surface area (TPSA) is 423 Å². The van der Waals surface area contributed by atoms with E-state index in [0.29, 0.717) is 70.9 Å². The molecule has 27 nitrogen and oxygen atoms in total. The van der Waals surface area contributed by atoms with Gasteiger partial charge < -0.3 is 96.8 Å². The molecule has 2 heterocycles. The first-order chi connectivity index (χ1) is 33.5. The zero-order chi connectivity index (χ0) is 51.8. The summed E-state index contributed by atoms with van der Waals surface area (Å²) in [6.07, 6.45) is -9.09. The van der Waals surface area contributed by atoms with Crippen LogP contribution in [-0.4, -0.2) is 227 Å². The van der Waals surface area contributed by atoms with Crippen molar-refractivity contribution in [2.24, 2.45) is 0 Å². The van der Waals surface area contributed by atoms with Gasteiger partial charge in [0.25, 0.3) is 0 Å². The smallest absolute Gasteiger partial charge is 0.303 e. The molecule has 1 unspecified atom stereocenters. The van der Waals surface area contributed by atoms with Gasteiger partial charge in [-0.1, -0.05) is 19.3 Å². The summed E-state index contributed by atoms with van der Waals surface area (Å²) in [5.41, 5.74) is 0. The molecule has 27 heteroatoms. The molecule has 404 valence electrons. The summed E-state index contributed by atoms with van der Waals surface area (Å²) < 4.78 is 21.2. The van der Waals surface area contributed by atoms with E-state index in [0.717, 1.165) is 0 Å². The number of carbonyl (C=O) groups is 7. The third-order valence-corrected chi connectivity index (χ3v) is 11.2. The molecule has 2 aliphatic rings. The lowest BCUT2D eigenvalue weighted by Gasteiger charge is -2.39. The molecule has 0 bridgehead atoms. The van der Waals surface area contributed by atoms with E-state index in [2.05, 4.69) is 37.2 Å². The maximum atomic E-state index is 13.2.